The Hall–Kier alpha value is -0.520. The molecule has 0 amide bonds. The number of nitriles is 1. The largest absolute Gasteiger partial charge is 0.296 e. The first-order valence-corrected chi connectivity index (χ1v) is 3.61. The van der Waals surface area contributed by atoms with Crippen molar-refractivity contribution in [2.75, 3.05) is 6.54 Å². The molecule has 0 radical (unpaired) electrons. The fraction of sp³-hybridized carbons (Fsp3) is 0.571. The molecule has 1 aliphatic rings. The smallest absolute Gasteiger partial charge is 0.0991 e. The van der Waals surface area contributed by atoms with Crippen LogP contribution in [0.3, 0.4) is 0 Å². The normalized spacial score (nSPS) is 33.4. The van der Waals surface area contributed by atoms with Crippen LogP contribution in [0.15, 0.2) is 12.2 Å². The van der Waals surface area contributed by atoms with Crippen molar-refractivity contribution in [3.63, 3.8) is 0 Å². The molecular formula is C7H9ClN2. The van der Waals surface area contributed by atoms with E-state index in [0.717, 1.165) is 18.5 Å². The van der Waals surface area contributed by atoms with Crippen molar-refractivity contribution in [2.45, 2.75) is 11.9 Å². The zero-order valence-corrected chi connectivity index (χ0v) is 6.36. The predicted octanol–water partition coefficient (Wildman–Crippen LogP) is 1.24. The molecule has 0 spiro atoms. The SMILES string of the molecule is C=C1CNC(Cl)C(C#N)C1. The van der Waals surface area contributed by atoms with Crippen LogP contribution >= 0.6 is 11.6 Å². The van der Waals surface area contributed by atoms with E-state index in [2.05, 4.69) is 18.0 Å². The van der Waals surface area contributed by atoms with Gasteiger partial charge in [0.2, 0.25) is 0 Å². The van der Waals surface area contributed by atoms with Crippen LogP contribution in [0.1, 0.15) is 6.42 Å². The van der Waals surface area contributed by atoms with Crippen molar-refractivity contribution in [1.82, 2.24) is 5.32 Å². The first-order chi connectivity index (χ1) is 4.74. The molecule has 0 aliphatic carbocycles. The van der Waals surface area contributed by atoms with E-state index in [0.29, 0.717) is 0 Å². The first-order valence-electron chi connectivity index (χ1n) is 3.17. The molecule has 1 aliphatic heterocycles. The molecule has 0 aromatic rings. The molecule has 2 unspecified atom stereocenters. The van der Waals surface area contributed by atoms with Crippen molar-refractivity contribution < 1.29 is 0 Å². The molecule has 1 N–H and O–H groups in total. The summed E-state index contributed by atoms with van der Waals surface area (Å²) in [7, 11) is 0. The second-order valence-corrected chi connectivity index (χ2v) is 2.94. The number of nitrogens with one attached hydrogen (secondary N) is 1. The second-order valence-electron chi connectivity index (χ2n) is 2.47. The highest BCUT2D eigenvalue weighted by atomic mass is 35.5. The Kier molecular flexibility index (Phi) is 2.31. The molecule has 0 bridgehead atoms. The lowest BCUT2D eigenvalue weighted by Crippen LogP contribution is -2.37. The Bertz CT molecular complexity index is 183. The van der Waals surface area contributed by atoms with Crippen LogP contribution in [0.5, 0.6) is 0 Å². The zero-order valence-electron chi connectivity index (χ0n) is 5.60. The maximum Gasteiger partial charge on any atom is 0.0991 e. The van der Waals surface area contributed by atoms with Crippen LogP contribution in [0.2, 0.25) is 0 Å². The molecule has 1 heterocycles. The highest BCUT2D eigenvalue weighted by Gasteiger charge is 2.23. The molecule has 54 valence electrons. The molecule has 10 heavy (non-hydrogen) atoms. The molecule has 1 saturated heterocycles. The third kappa shape index (κ3) is 1.50. The van der Waals surface area contributed by atoms with E-state index in [-0.39, 0.29) is 11.4 Å². The Morgan fingerprint density at radius 3 is 3.00 bits per heavy atom. The number of rotatable bonds is 0. The lowest BCUT2D eigenvalue weighted by Gasteiger charge is -2.24. The Labute approximate surface area is 65.5 Å². The van der Waals surface area contributed by atoms with E-state index in [1.807, 2.05) is 0 Å². The molecule has 0 aromatic heterocycles. The number of hydrogen-bond acceptors (Lipinski definition) is 2. The Balaban J connectivity index is 2.56. The summed E-state index contributed by atoms with van der Waals surface area (Å²) in [5.41, 5.74) is 0.860. The molecule has 0 saturated carbocycles. The number of hydrogen-bond donors (Lipinski definition) is 1. The van der Waals surface area contributed by atoms with Gasteiger partial charge in [-0.25, -0.2) is 0 Å². The van der Waals surface area contributed by atoms with Gasteiger partial charge in [0.25, 0.3) is 0 Å². The van der Waals surface area contributed by atoms with Crippen molar-refractivity contribution in [2.24, 2.45) is 5.92 Å². The monoisotopic (exact) mass is 156 g/mol. The third-order valence-corrected chi connectivity index (χ3v) is 2.03. The standard InChI is InChI=1S/C7H9ClN2/c1-5-2-6(3-9)7(8)10-4-5/h6-7,10H,1-2,4H2. The van der Waals surface area contributed by atoms with Crippen molar-refractivity contribution in [1.29, 1.82) is 5.26 Å². The van der Waals surface area contributed by atoms with Crippen LogP contribution < -0.4 is 5.32 Å². The number of nitrogens with zero attached hydrogens (tertiary/aromatic N) is 1. The van der Waals surface area contributed by atoms with Gasteiger partial charge in [0, 0.05) is 6.54 Å². The number of alkyl halides is 1. The van der Waals surface area contributed by atoms with Gasteiger partial charge in [0.15, 0.2) is 0 Å². The van der Waals surface area contributed by atoms with Crippen LogP contribution in [-0.4, -0.2) is 12.0 Å². The highest BCUT2D eigenvalue weighted by molar-refractivity contribution is 6.20. The fourth-order valence-corrected chi connectivity index (χ4v) is 1.20. The zero-order chi connectivity index (χ0) is 7.56. The summed E-state index contributed by atoms with van der Waals surface area (Å²) >= 11 is 5.77. The van der Waals surface area contributed by atoms with E-state index in [9.17, 15) is 0 Å². The van der Waals surface area contributed by atoms with Crippen LogP contribution in [0.4, 0.5) is 0 Å². The van der Waals surface area contributed by atoms with Gasteiger partial charge >= 0.3 is 0 Å². The average molecular weight is 157 g/mol. The molecular weight excluding hydrogens is 148 g/mol. The van der Waals surface area contributed by atoms with E-state index in [1.165, 1.54) is 0 Å². The fourth-order valence-electron chi connectivity index (χ4n) is 0.982. The minimum absolute atomic E-state index is 0.108. The molecule has 1 fully saturated rings. The van der Waals surface area contributed by atoms with Crippen LogP contribution in [0, 0.1) is 17.2 Å². The molecule has 1 rings (SSSR count). The third-order valence-electron chi connectivity index (χ3n) is 1.57. The predicted molar refractivity (Wildman–Crippen MR) is 40.5 cm³/mol. The van der Waals surface area contributed by atoms with E-state index in [4.69, 9.17) is 16.9 Å². The summed E-state index contributed by atoms with van der Waals surface area (Å²) < 4.78 is 0. The van der Waals surface area contributed by atoms with Gasteiger partial charge in [-0.15, -0.1) is 11.6 Å². The summed E-state index contributed by atoms with van der Waals surface area (Å²) in [5, 5.41) is 11.5. The summed E-state index contributed by atoms with van der Waals surface area (Å²) in [5.74, 6) is -0.108. The molecule has 3 heteroatoms. The van der Waals surface area contributed by atoms with Gasteiger partial charge in [-0.1, -0.05) is 12.2 Å². The average Bonchev–Trinajstić information content (AvgIpc) is 1.94. The van der Waals surface area contributed by atoms with Gasteiger partial charge in [0.1, 0.15) is 0 Å². The van der Waals surface area contributed by atoms with E-state index >= 15 is 0 Å². The lowest BCUT2D eigenvalue weighted by atomic mass is 9.98. The quantitative estimate of drug-likeness (QED) is 0.326. The van der Waals surface area contributed by atoms with Gasteiger partial charge in [-0.3, -0.25) is 5.32 Å². The van der Waals surface area contributed by atoms with Crippen molar-refractivity contribution >= 4 is 11.6 Å². The van der Waals surface area contributed by atoms with E-state index in [1.54, 1.807) is 0 Å². The summed E-state index contributed by atoms with van der Waals surface area (Å²) in [4.78, 5) is 0. The van der Waals surface area contributed by atoms with Gasteiger partial charge in [-0.2, -0.15) is 5.26 Å². The minimum Gasteiger partial charge on any atom is -0.296 e. The maximum absolute atomic E-state index is 8.56. The van der Waals surface area contributed by atoms with Crippen molar-refractivity contribution in [3.05, 3.63) is 12.2 Å². The number of piperidine rings is 1. The van der Waals surface area contributed by atoms with Gasteiger partial charge in [0.05, 0.1) is 17.5 Å². The first kappa shape index (κ1) is 7.59. The number of halogens is 1. The minimum atomic E-state index is -0.199. The summed E-state index contributed by atoms with van der Waals surface area (Å²) in [6.07, 6.45) is 0.734. The van der Waals surface area contributed by atoms with Gasteiger partial charge in [-0.05, 0) is 6.42 Å². The Morgan fingerprint density at radius 2 is 2.50 bits per heavy atom. The molecule has 2 nitrogen and oxygen atoms in total. The maximum atomic E-state index is 8.56. The lowest BCUT2D eigenvalue weighted by molar-refractivity contribution is 0.480. The molecule has 2 atom stereocenters. The topological polar surface area (TPSA) is 35.8 Å². The molecule has 0 aromatic carbocycles. The Morgan fingerprint density at radius 1 is 1.80 bits per heavy atom. The highest BCUT2D eigenvalue weighted by Crippen LogP contribution is 2.20. The summed E-state index contributed by atoms with van der Waals surface area (Å²) in [6, 6.07) is 2.13. The van der Waals surface area contributed by atoms with Crippen molar-refractivity contribution in [3.8, 4) is 6.07 Å². The van der Waals surface area contributed by atoms with Crippen LogP contribution in [-0.2, 0) is 0 Å². The van der Waals surface area contributed by atoms with Gasteiger partial charge < -0.3 is 0 Å². The van der Waals surface area contributed by atoms with E-state index < -0.39 is 0 Å². The summed E-state index contributed by atoms with van der Waals surface area (Å²) in [6.45, 7) is 4.52. The van der Waals surface area contributed by atoms with Crippen LogP contribution in [0.25, 0.3) is 0 Å². The second kappa shape index (κ2) is 3.05.